The summed E-state index contributed by atoms with van der Waals surface area (Å²) in [4.78, 5) is 9.96. The fourth-order valence-electron chi connectivity index (χ4n) is 0.433. The Bertz CT molecular complexity index is 168. The lowest BCUT2D eigenvalue weighted by atomic mass is 10.3. The zero-order chi connectivity index (χ0) is 7.98. The molecule has 0 aliphatic heterocycles. The zero-order valence-corrected chi connectivity index (χ0v) is 5.72. The predicted molar refractivity (Wildman–Crippen MR) is 37.5 cm³/mol. The van der Waals surface area contributed by atoms with E-state index in [1.54, 1.807) is 6.92 Å². The summed E-state index contributed by atoms with van der Waals surface area (Å²) >= 11 is 0. The number of rotatable bonds is 1. The number of hydrogen-bond acceptors (Lipinski definition) is 2. The Morgan fingerprint density at radius 3 is 2.90 bits per heavy atom. The van der Waals surface area contributed by atoms with Crippen LogP contribution in [0, 0.1) is 11.8 Å². The van der Waals surface area contributed by atoms with Crippen molar-refractivity contribution in [1.29, 1.82) is 0 Å². The first-order valence-corrected chi connectivity index (χ1v) is 2.84. The highest BCUT2D eigenvalue weighted by atomic mass is 16.4. The molecule has 0 aromatic rings. The summed E-state index contributed by atoms with van der Waals surface area (Å²) in [5.74, 6) is 5.15. The quantitative estimate of drug-likeness (QED) is 0.436. The molecule has 1 unspecified atom stereocenters. The van der Waals surface area contributed by atoms with E-state index in [4.69, 9.17) is 10.8 Å². The first-order valence-electron chi connectivity index (χ1n) is 2.84. The molecule has 0 aliphatic carbocycles. The second kappa shape index (κ2) is 4.65. The van der Waals surface area contributed by atoms with Crippen molar-refractivity contribution in [3.05, 3.63) is 0 Å². The normalized spacial score (nSPS) is 11.0. The molecule has 0 radical (unpaired) electrons. The summed E-state index contributed by atoms with van der Waals surface area (Å²) in [6.07, 6.45) is -1.07. The van der Waals surface area contributed by atoms with Gasteiger partial charge in [-0.15, -0.1) is 0 Å². The lowest BCUT2D eigenvalue weighted by Gasteiger charge is -2.00. The highest BCUT2D eigenvalue weighted by Gasteiger charge is 1.98. The van der Waals surface area contributed by atoms with Crippen molar-refractivity contribution in [3.63, 3.8) is 0 Å². The largest absolute Gasteiger partial charge is 0.465 e. The van der Waals surface area contributed by atoms with Crippen LogP contribution in [0.15, 0.2) is 0 Å². The Labute approximate surface area is 59.4 Å². The van der Waals surface area contributed by atoms with Crippen molar-refractivity contribution in [3.8, 4) is 11.8 Å². The molecule has 0 saturated heterocycles. The van der Waals surface area contributed by atoms with Crippen LogP contribution in [0.5, 0.6) is 0 Å². The number of nitrogens with one attached hydrogen (secondary N) is 1. The van der Waals surface area contributed by atoms with E-state index in [0.717, 1.165) is 0 Å². The van der Waals surface area contributed by atoms with Gasteiger partial charge < -0.3 is 16.2 Å². The van der Waals surface area contributed by atoms with Gasteiger partial charge in [0.1, 0.15) is 0 Å². The molecule has 0 aromatic heterocycles. The Morgan fingerprint density at radius 1 is 1.90 bits per heavy atom. The molecule has 0 aliphatic rings. The van der Waals surface area contributed by atoms with Gasteiger partial charge in [-0.05, 0) is 6.92 Å². The lowest BCUT2D eigenvalue weighted by Crippen LogP contribution is -2.29. The fraction of sp³-hybridized carbons (Fsp3) is 0.500. The summed E-state index contributed by atoms with van der Waals surface area (Å²) in [7, 11) is 0. The van der Waals surface area contributed by atoms with Gasteiger partial charge in [0.2, 0.25) is 0 Å². The third-order valence-corrected chi connectivity index (χ3v) is 0.761. The van der Waals surface area contributed by atoms with Crippen molar-refractivity contribution in [2.75, 3.05) is 6.54 Å². The number of nitrogens with two attached hydrogens (primary N) is 1. The minimum Gasteiger partial charge on any atom is -0.465 e. The summed E-state index contributed by atoms with van der Waals surface area (Å²) in [6, 6.07) is -0.346. The molecule has 0 bridgehead atoms. The van der Waals surface area contributed by atoms with Gasteiger partial charge in [-0.2, -0.15) is 0 Å². The van der Waals surface area contributed by atoms with Gasteiger partial charge in [0.15, 0.2) is 0 Å². The van der Waals surface area contributed by atoms with E-state index in [9.17, 15) is 4.79 Å². The second-order valence-electron chi connectivity index (χ2n) is 1.70. The van der Waals surface area contributed by atoms with E-state index >= 15 is 0 Å². The van der Waals surface area contributed by atoms with Crippen LogP contribution in [0.1, 0.15) is 6.92 Å². The third-order valence-electron chi connectivity index (χ3n) is 0.761. The standard InChI is InChI=1S/C6H10N2O2/c1-5(3-2-4-7)8-6(9)10/h5,8H,4,7H2,1H3,(H,9,10). The van der Waals surface area contributed by atoms with E-state index in [-0.39, 0.29) is 12.6 Å². The van der Waals surface area contributed by atoms with Crippen LogP contribution in [0.2, 0.25) is 0 Å². The lowest BCUT2D eigenvalue weighted by molar-refractivity contribution is 0.193. The summed E-state index contributed by atoms with van der Waals surface area (Å²) in [5.41, 5.74) is 5.06. The maximum atomic E-state index is 9.96. The molecule has 1 amide bonds. The van der Waals surface area contributed by atoms with E-state index < -0.39 is 6.09 Å². The van der Waals surface area contributed by atoms with E-state index in [1.807, 2.05) is 0 Å². The van der Waals surface area contributed by atoms with Gasteiger partial charge in [0, 0.05) is 0 Å². The van der Waals surface area contributed by atoms with Gasteiger partial charge in [-0.25, -0.2) is 4.79 Å². The molecule has 4 N–H and O–H groups in total. The molecule has 0 heterocycles. The molecule has 0 rings (SSSR count). The van der Waals surface area contributed by atoms with Gasteiger partial charge >= 0.3 is 6.09 Å². The first-order chi connectivity index (χ1) is 4.66. The van der Waals surface area contributed by atoms with Gasteiger partial charge in [0.05, 0.1) is 12.6 Å². The number of hydrogen-bond donors (Lipinski definition) is 3. The highest BCUT2D eigenvalue weighted by Crippen LogP contribution is 1.75. The number of carbonyl (C=O) groups is 1. The third kappa shape index (κ3) is 4.94. The van der Waals surface area contributed by atoms with Crippen LogP contribution in [-0.2, 0) is 0 Å². The van der Waals surface area contributed by atoms with Crippen LogP contribution in [0.4, 0.5) is 4.79 Å². The monoisotopic (exact) mass is 142 g/mol. The van der Waals surface area contributed by atoms with E-state index in [0.29, 0.717) is 0 Å². The topological polar surface area (TPSA) is 75.3 Å². The van der Waals surface area contributed by atoms with Crippen molar-refractivity contribution < 1.29 is 9.90 Å². The molecular weight excluding hydrogens is 132 g/mol. The van der Waals surface area contributed by atoms with Crippen LogP contribution >= 0.6 is 0 Å². The second-order valence-corrected chi connectivity index (χ2v) is 1.70. The summed E-state index contributed by atoms with van der Waals surface area (Å²) < 4.78 is 0. The van der Waals surface area contributed by atoms with E-state index in [2.05, 4.69) is 17.2 Å². The Hall–Kier alpha value is -1.21. The summed E-state index contributed by atoms with van der Waals surface area (Å²) in [6.45, 7) is 1.91. The molecule has 0 fully saturated rings. The van der Waals surface area contributed by atoms with E-state index in [1.165, 1.54) is 0 Å². The van der Waals surface area contributed by atoms with Gasteiger partial charge in [-0.3, -0.25) is 0 Å². The smallest absolute Gasteiger partial charge is 0.405 e. The SMILES string of the molecule is CC(C#CCN)NC(=O)O. The molecule has 0 saturated carbocycles. The molecule has 0 aromatic carbocycles. The molecule has 10 heavy (non-hydrogen) atoms. The average molecular weight is 142 g/mol. The maximum Gasteiger partial charge on any atom is 0.405 e. The summed E-state index contributed by atoms with van der Waals surface area (Å²) in [5, 5.41) is 10.3. The Kier molecular flexibility index (Phi) is 4.09. The first kappa shape index (κ1) is 8.79. The van der Waals surface area contributed by atoms with Gasteiger partial charge in [-0.1, -0.05) is 11.8 Å². The van der Waals surface area contributed by atoms with Gasteiger partial charge in [0.25, 0.3) is 0 Å². The molecular formula is C6H10N2O2. The predicted octanol–water partition coefficient (Wildman–Crippen LogP) is -0.395. The molecule has 0 spiro atoms. The van der Waals surface area contributed by atoms with Crippen molar-refractivity contribution in [2.24, 2.45) is 5.73 Å². The van der Waals surface area contributed by atoms with Crippen molar-refractivity contribution in [1.82, 2.24) is 5.32 Å². The van der Waals surface area contributed by atoms with Crippen molar-refractivity contribution >= 4 is 6.09 Å². The highest BCUT2D eigenvalue weighted by molar-refractivity contribution is 5.65. The Morgan fingerprint density at radius 2 is 2.50 bits per heavy atom. The Balaban J connectivity index is 3.63. The zero-order valence-electron chi connectivity index (χ0n) is 5.72. The van der Waals surface area contributed by atoms with Crippen LogP contribution in [0.25, 0.3) is 0 Å². The number of amides is 1. The minimum atomic E-state index is -1.07. The fourth-order valence-corrected chi connectivity index (χ4v) is 0.433. The minimum absolute atomic E-state index is 0.256. The van der Waals surface area contributed by atoms with Crippen LogP contribution in [0.3, 0.4) is 0 Å². The molecule has 1 atom stereocenters. The van der Waals surface area contributed by atoms with Crippen LogP contribution in [-0.4, -0.2) is 23.8 Å². The number of carboxylic acid groups (broad SMARTS) is 1. The van der Waals surface area contributed by atoms with Crippen LogP contribution < -0.4 is 11.1 Å². The molecule has 4 heteroatoms. The van der Waals surface area contributed by atoms with Crippen molar-refractivity contribution in [2.45, 2.75) is 13.0 Å². The maximum absolute atomic E-state index is 9.96. The molecule has 4 nitrogen and oxygen atoms in total. The average Bonchev–Trinajstić information content (AvgIpc) is 1.82. The molecule has 56 valence electrons.